The van der Waals surface area contributed by atoms with Crippen molar-refractivity contribution in [2.24, 2.45) is 0 Å². The Labute approximate surface area is 91.2 Å². The molecule has 0 aliphatic heterocycles. The molecular formula is C10H13BO3P. The highest BCUT2D eigenvalue weighted by atomic mass is 31.2. The standard InChI is InChI=1S/C10H13BO3P/c1-9(13)14-8-15(11,7-12)10-5-3-2-4-6-10/h2-6,12H,7-8H2,1H3. The van der Waals surface area contributed by atoms with Gasteiger partial charge in [0.15, 0.2) is 6.35 Å². The molecular weight excluding hydrogens is 210 g/mol. The molecule has 0 saturated carbocycles. The van der Waals surface area contributed by atoms with Crippen LogP contribution < -0.4 is 5.30 Å². The molecule has 3 nitrogen and oxygen atoms in total. The minimum atomic E-state index is -2.24. The number of rotatable bonds is 4. The van der Waals surface area contributed by atoms with Gasteiger partial charge >= 0.3 is 5.97 Å². The molecule has 15 heavy (non-hydrogen) atoms. The summed E-state index contributed by atoms with van der Waals surface area (Å²) in [5, 5.41) is 10.1. The lowest BCUT2D eigenvalue weighted by Gasteiger charge is -2.32. The van der Waals surface area contributed by atoms with Crippen LogP contribution in [0.2, 0.25) is 0 Å². The van der Waals surface area contributed by atoms with E-state index in [9.17, 15) is 9.90 Å². The number of hydrogen-bond donors (Lipinski definition) is 1. The second-order valence-electron chi connectivity index (χ2n) is 3.28. The lowest BCUT2D eigenvalue weighted by Crippen LogP contribution is -2.20. The zero-order valence-electron chi connectivity index (χ0n) is 8.59. The molecule has 1 aromatic carbocycles. The first-order valence-electron chi connectivity index (χ1n) is 4.54. The summed E-state index contributed by atoms with van der Waals surface area (Å²) in [6.45, 7) is 1.33. The van der Waals surface area contributed by atoms with Crippen molar-refractivity contribution in [3.63, 3.8) is 0 Å². The molecule has 0 bridgehead atoms. The second kappa shape index (κ2) is 5.29. The molecule has 0 heterocycles. The maximum absolute atomic E-state index is 10.7. The van der Waals surface area contributed by atoms with Crippen molar-refractivity contribution in [3.05, 3.63) is 30.3 Å². The molecule has 1 N–H and O–H groups in total. The highest BCUT2D eigenvalue weighted by Gasteiger charge is 2.21. The molecule has 1 aromatic rings. The van der Waals surface area contributed by atoms with E-state index in [-0.39, 0.29) is 18.7 Å². The van der Waals surface area contributed by atoms with Crippen LogP contribution in [0.5, 0.6) is 0 Å². The highest BCUT2D eigenvalue weighted by molar-refractivity contribution is 8.02. The van der Waals surface area contributed by atoms with Crippen LogP contribution in [0.15, 0.2) is 30.3 Å². The van der Waals surface area contributed by atoms with Crippen LogP contribution in [-0.4, -0.2) is 31.3 Å². The average Bonchev–Trinajstić information content (AvgIpc) is 2.27. The Hall–Kier alpha value is -0.855. The summed E-state index contributed by atoms with van der Waals surface area (Å²) in [6.07, 6.45) is -0.0762. The van der Waals surface area contributed by atoms with Crippen LogP contribution in [0.3, 0.4) is 0 Å². The van der Waals surface area contributed by atoms with E-state index in [1.165, 1.54) is 6.92 Å². The van der Waals surface area contributed by atoms with Gasteiger partial charge in [-0.25, -0.2) is 0 Å². The normalized spacial score (nSPS) is 14.3. The minimum Gasteiger partial charge on any atom is -0.435 e. The summed E-state index contributed by atoms with van der Waals surface area (Å²) in [4.78, 5) is 10.7. The first kappa shape index (κ1) is 12.2. The van der Waals surface area contributed by atoms with Crippen molar-refractivity contribution < 1.29 is 14.6 Å². The minimum absolute atomic E-state index is 0.0862. The third-order valence-corrected chi connectivity index (χ3v) is 4.44. The van der Waals surface area contributed by atoms with Gasteiger partial charge in [-0.05, 0) is 12.1 Å². The third kappa shape index (κ3) is 3.33. The van der Waals surface area contributed by atoms with Crippen molar-refractivity contribution in [1.29, 1.82) is 0 Å². The lowest BCUT2D eigenvalue weighted by atomic mass is 10.4. The van der Waals surface area contributed by atoms with E-state index in [4.69, 9.17) is 12.3 Å². The van der Waals surface area contributed by atoms with Crippen LogP contribution in [0, 0.1) is 0 Å². The predicted molar refractivity (Wildman–Crippen MR) is 62.5 cm³/mol. The topological polar surface area (TPSA) is 46.5 Å². The first-order chi connectivity index (χ1) is 7.08. The maximum Gasteiger partial charge on any atom is 0.305 e. The van der Waals surface area contributed by atoms with Gasteiger partial charge in [-0.15, -0.1) is 0 Å². The van der Waals surface area contributed by atoms with Gasteiger partial charge in [0.1, 0.15) is 6.35 Å². The largest absolute Gasteiger partial charge is 0.435 e. The summed E-state index contributed by atoms with van der Waals surface area (Å²) in [7, 11) is 3.81. The number of ether oxygens (including phenoxy) is 1. The molecule has 0 aromatic heterocycles. The summed E-state index contributed by atoms with van der Waals surface area (Å²) in [6, 6.07) is 9.25. The van der Waals surface area contributed by atoms with Crippen LogP contribution in [0.1, 0.15) is 6.92 Å². The van der Waals surface area contributed by atoms with Gasteiger partial charge in [0.25, 0.3) is 0 Å². The van der Waals surface area contributed by atoms with Crippen molar-refractivity contribution in [3.8, 4) is 0 Å². The molecule has 79 valence electrons. The second-order valence-corrected chi connectivity index (χ2v) is 6.40. The van der Waals surface area contributed by atoms with E-state index >= 15 is 0 Å². The Balaban J connectivity index is 2.80. The van der Waals surface area contributed by atoms with E-state index in [1.54, 1.807) is 0 Å². The first-order valence-corrected chi connectivity index (χ1v) is 6.77. The van der Waals surface area contributed by atoms with Gasteiger partial charge in [-0.2, -0.15) is 7.14 Å². The maximum atomic E-state index is 10.7. The fourth-order valence-electron chi connectivity index (χ4n) is 1.13. The number of carbonyl (C=O) groups is 1. The smallest absolute Gasteiger partial charge is 0.305 e. The van der Waals surface area contributed by atoms with Crippen molar-refractivity contribution >= 4 is 26.0 Å². The van der Waals surface area contributed by atoms with E-state index in [0.29, 0.717) is 0 Å². The van der Waals surface area contributed by atoms with Crippen LogP contribution in [0.4, 0.5) is 0 Å². The van der Waals surface area contributed by atoms with Gasteiger partial charge in [-0.1, -0.05) is 18.2 Å². The summed E-state index contributed by atoms with van der Waals surface area (Å²) >= 11 is 0. The zero-order valence-corrected chi connectivity index (χ0v) is 9.48. The van der Waals surface area contributed by atoms with Crippen LogP contribution in [-0.2, 0) is 9.53 Å². The Morgan fingerprint density at radius 1 is 1.47 bits per heavy atom. The van der Waals surface area contributed by atoms with Crippen LogP contribution in [0.25, 0.3) is 0 Å². The fraction of sp³-hybridized carbons (Fsp3) is 0.300. The van der Waals surface area contributed by atoms with Crippen molar-refractivity contribution in [2.45, 2.75) is 6.92 Å². The quantitative estimate of drug-likeness (QED) is 0.468. The summed E-state index contributed by atoms with van der Waals surface area (Å²) in [5.41, 5.74) is 0. The Kier molecular flexibility index (Phi) is 4.31. The molecule has 1 unspecified atom stereocenters. The lowest BCUT2D eigenvalue weighted by molar-refractivity contribution is -0.138. The number of esters is 1. The molecule has 0 amide bonds. The van der Waals surface area contributed by atoms with Gasteiger partial charge in [-0.3, -0.25) is 12.4 Å². The molecule has 1 rings (SSSR count). The summed E-state index contributed by atoms with van der Waals surface area (Å²) < 4.78 is 4.88. The third-order valence-electron chi connectivity index (χ3n) is 2.02. The summed E-state index contributed by atoms with van der Waals surface area (Å²) in [5.74, 6) is -0.380. The molecule has 0 fully saturated rings. The monoisotopic (exact) mass is 223 g/mol. The van der Waals surface area contributed by atoms with E-state index < -0.39 is 7.14 Å². The molecule has 0 saturated heterocycles. The number of benzene rings is 1. The zero-order chi connectivity index (χ0) is 11.3. The van der Waals surface area contributed by atoms with Gasteiger partial charge in [0, 0.05) is 12.2 Å². The van der Waals surface area contributed by atoms with Crippen molar-refractivity contribution in [1.82, 2.24) is 0 Å². The Bertz CT molecular complexity index is 331. The predicted octanol–water partition coefficient (Wildman–Crippen LogP) is 0.883. The molecule has 0 aliphatic rings. The number of carbonyl (C=O) groups excluding carboxylic acids is 1. The molecule has 3 radical (unpaired) electrons. The SMILES string of the molecule is [B-][P+](CO)(COC(C)=O)c1ccccc1. The Morgan fingerprint density at radius 3 is 2.53 bits per heavy atom. The highest BCUT2D eigenvalue weighted by Crippen LogP contribution is 2.51. The molecule has 5 heteroatoms. The van der Waals surface area contributed by atoms with Crippen molar-refractivity contribution in [2.75, 3.05) is 12.7 Å². The number of aliphatic hydroxyl groups is 1. The number of aliphatic hydroxyl groups excluding tert-OH is 1. The van der Waals surface area contributed by atoms with E-state index in [0.717, 1.165) is 5.30 Å². The van der Waals surface area contributed by atoms with Gasteiger partial charge < -0.3 is 9.84 Å². The van der Waals surface area contributed by atoms with Gasteiger partial charge in [0.2, 0.25) is 0 Å². The molecule has 1 atom stereocenters. The van der Waals surface area contributed by atoms with Crippen LogP contribution >= 0.6 is 7.14 Å². The number of hydrogen-bond acceptors (Lipinski definition) is 3. The Morgan fingerprint density at radius 2 is 2.07 bits per heavy atom. The van der Waals surface area contributed by atoms with Gasteiger partial charge in [0.05, 0.1) is 0 Å². The van der Waals surface area contributed by atoms with E-state index in [2.05, 4.69) is 0 Å². The average molecular weight is 223 g/mol. The fourth-order valence-corrected chi connectivity index (χ4v) is 2.70. The molecule has 0 spiro atoms. The van der Waals surface area contributed by atoms with E-state index in [1.807, 2.05) is 30.3 Å². The molecule has 0 aliphatic carbocycles.